The van der Waals surface area contributed by atoms with Crippen molar-refractivity contribution in [3.8, 4) is 0 Å². The molecular weight excluding hydrogens is 242 g/mol. The average Bonchev–Trinajstić information content (AvgIpc) is 2.18. The summed E-state index contributed by atoms with van der Waals surface area (Å²) in [5, 5.41) is 2.72. The maximum Gasteiger partial charge on any atom is 0.251 e. The van der Waals surface area contributed by atoms with Crippen LogP contribution in [-0.2, 0) is 0 Å². The molecule has 3 heteroatoms. The zero-order valence-electron chi connectivity index (χ0n) is 8.01. The lowest BCUT2D eigenvalue weighted by Gasteiger charge is -2.04. The molecule has 1 amide bonds. The predicted octanol–water partition coefficient (Wildman–Crippen LogP) is 2.67. The van der Waals surface area contributed by atoms with Gasteiger partial charge < -0.3 is 5.32 Å². The number of carbonyl (C=O) groups excluding carboxylic acids is 1. The number of aryl methyl sites for hydroxylation is 1. The van der Waals surface area contributed by atoms with Crippen LogP contribution in [0.15, 0.2) is 35.3 Å². The normalized spacial score (nSPS) is 9.57. The largest absolute Gasteiger partial charge is 0.349 e. The Balaban J connectivity index is 2.80. The second-order valence-corrected chi connectivity index (χ2v) is 3.82. The Kier molecular flexibility index (Phi) is 3.89. The first-order valence-corrected chi connectivity index (χ1v) is 5.09. The number of carbonyl (C=O) groups is 1. The number of amides is 1. The van der Waals surface area contributed by atoms with E-state index in [2.05, 4.69) is 27.8 Å². The Hall–Kier alpha value is -1.09. The zero-order valence-corrected chi connectivity index (χ0v) is 9.60. The summed E-state index contributed by atoms with van der Waals surface area (Å²) < 4.78 is 1.01. The molecule has 74 valence electrons. The molecule has 0 aliphatic heterocycles. The van der Waals surface area contributed by atoms with E-state index in [-0.39, 0.29) is 5.91 Å². The fourth-order valence-corrected chi connectivity index (χ4v) is 1.30. The average molecular weight is 254 g/mol. The Labute approximate surface area is 92.1 Å². The van der Waals surface area contributed by atoms with Gasteiger partial charge in [0.05, 0.1) is 0 Å². The second-order valence-electron chi connectivity index (χ2n) is 2.96. The van der Waals surface area contributed by atoms with E-state index in [1.54, 1.807) is 12.1 Å². The first-order valence-electron chi connectivity index (χ1n) is 4.30. The fraction of sp³-hybridized carbons (Fsp3) is 0.182. The number of nitrogens with one attached hydrogen (secondary N) is 1. The van der Waals surface area contributed by atoms with Gasteiger partial charge in [-0.3, -0.25) is 4.79 Å². The first-order chi connectivity index (χ1) is 6.65. The Morgan fingerprint density at radius 3 is 2.93 bits per heavy atom. The van der Waals surface area contributed by atoms with Crippen molar-refractivity contribution in [2.75, 3.05) is 6.54 Å². The minimum Gasteiger partial charge on any atom is -0.349 e. The molecule has 0 atom stereocenters. The van der Waals surface area contributed by atoms with Crippen molar-refractivity contribution < 1.29 is 4.79 Å². The molecule has 0 heterocycles. The monoisotopic (exact) mass is 253 g/mol. The highest BCUT2D eigenvalue weighted by Crippen LogP contribution is 2.16. The van der Waals surface area contributed by atoms with Crippen molar-refractivity contribution in [2.45, 2.75) is 6.92 Å². The lowest BCUT2D eigenvalue weighted by atomic mass is 10.1. The lowest BCUT2D eigenvalue weighted by molar-refractivity contribution is 0.0958. The SMILES string of the molecule is C=CCNC(=O)c1ccc(Br)c(C)c1. The van der Waals surface area contributed by atoms with Gasteiger partial charge in [0.1, 0.15) is 0 Å². The highest BCUT2D eigenvalue weighted by Gasteiger charge is 2.04. The molecule has 0 radical (unpaired) electrons. The summed E-state index contributed by atoms with van der Waals surface area (Å²) in [6.07, 6.45) is 1.66. The maximum atomic E-state index is 11.5. The summed E-state index contributed by atoms with van der Waals surface area (Å²) in [6, 6.07) is 5.51. The summed E-state index contributed by atoms with van der Waals surface area (Å²) in [4.78, 5) is 11.5. The number of hydrogen-bond acceptors (Lipinski definition) is 1. The van der Waals surface area contributed by atoms with Crippen LogP contribution in [0.4, 0.5) is 0 Å². The molecule has 1 aromatic rings. The van der Waals surface area contributed by atoms with Gasteiger partial charge in [-0.25, -0.2) is 0 Å². The van der Waals surface area contributed by atoms with E-state index in [9.17, 15) is 4.79 Å². The van der Waals surface area contributed by atoms with Gasteiger partial charge in [0.15, 0.2) is 0 Å². The summed E-state index contributed by atoms with van der Waals surface area (Å²) in [5.41, 5.74) is 1.73. The van der Waals surface area contributed by atoms with E-state index in [1.165, 1.54) is 0 Å². The van der Waals surface area contributed by atoms with E-state index < -0.39 is 0 Å². The highest BCUT2D eigenvalue weighted by molar-refractivity contribution is 9.10. The molecule has 1 rings (SSSR count). The van der Waals surface area contributed by atoms with Gasteiger partial charge in [-0.15, -0.1) is 6.58 Å². The van der Waals surface area contributed by atoms with Crippen LogP contribution in [0.1, 0.15) is 15.9 Å². The molecule has 0 bridgehead atoms. The molecule has 0 saturated carbocycles. The molecular formula is C11H12BrNO. The van der Waals surface area contributed by atoms with Crippen LogP contribution in [-0.4, -0.2) is 12.5 Å². The van der Waals surface area contributed by atoms with Crippen LogP contribution >= 0.6 is 15.9 Å². The van der Waals surface area contributed by atoms with Crippen molar-refractivity contribution in [3.05, 3.63) is 46.5 Å². The van der Waals surface area contributed by atoms with E-state index >= 15 is 0 Å². The van der Waals surface area contributed by atoms with Gasteiger partial charge in [-0.2, -0.15) is 0 Å². The maximum absolute atomic E-state index is 11.5. The summed E-state index contributed by atoms with van der Waals surface area (Å²) >= 11 is 3.38. The number of halogens is 1. The van der Waals surface area contributed by atoms with Crippen molar-refractivity contribution >= 4 is 21.8 Å². The molecule has 0 unspecified atom stereocenters. The smallest absolute Gasteiger partial charge is 0.251 e. The predicted molar refractivity (Wildman–Crippen MR) is 61.4 cm³/mol. The van der Waals surface area contributed by atoms with Crippen LogP contribution in [0.25, 0.3) is 0 Å². The number of benzene rings is 1. The van der Waals surface area contributed by atoms with Crippen LogP contribution in [0, 0.1) is 6.92 Å². The third kappa shape index (κ3) is 2.70. The lowest BCUT2D eigenvalue weighted by Crippen LogP contribution is -2.23. The Morgan fingerprint density at radius 2 is 2.36 bits per heavy atom. The first kappa shape index (κ1) is 11.0. The minimum atomic E-state index is -0.0690. The quantitative estimate of drug-likeness (QED) is 0.825. The van der Waals surface area contributed by atoms with Crippen LogP contribution in [0.5, 0.6) is 0 Å². The summed E-state index contributed by atoms with van der Waals surface area (Å²) in [7, 11) is 0. The molecule has 0 aliphatic carbocycles. The molecule has 0 saturated heterocycles. The third-order valence-electron chi connectivity index (χ3n) is 1.83. The standard InChI is InChI=1S/C11H12BrNO/c1-3-6-13-11(14)9-4-5-10(12)8(2)7-9/h3-5,7H,1,6H2,2H3,(H,13,14). The molecule has 2 nitrogen and oxygen atoms in total. The molecule has 1 aromatic carbocycles. The van der Waals surface area contributed by atoms with Crippen molar-refractivity contribution in [3.63, 3.8) is 0 Å². The minimum absolute atomic E-state index is 0.0690. The van der Waals surface area contributed by atoms with Crippen molar-refractivity contribution in [1.82, 2.24) is 5.32 Å². The Bertz CT molecular complexity index is 360. The summed E-state index contributed by atoms with van der Waals surface area (Å²) in [6.45, 7) is 5.98. The van der Waals surface area contributed by atoms with Gasteiger partial charge in [0.25, 0.3) is 5.91 Å². The Morgan fingerprint density at radius 1 is 1.64 bits per heavy atom. The molecule has 14 heavy (non-hydrogen) atoms. The third-order valence-corrected chi connectivity index (χ3v) is 2.72. The van der Waals surface area contributed by atoms with Gasteiger partial charge in [0.2, 0.25) is 0 Å². The van der Waals surface area contributed by atoms with Gasteiger partial charge >= 0.3 is 0 Å². The molecule has 0 spiro atoms. The van der Waals surface area contributed by atoms with E-state index in [0.717, 1.165) is 10.0 Å². The summed E-state index contributed by atoms with van der Waals surface area (Å²) in [5.74, 6) is -0.0690. The van der Waals surface area contributed by atoms with Crippen LogP contribution in [0.2, 0.25) is 0 Å². The molecule has 0 aromatic heterocycles. The van der Waals surface area contributed by atoms with Crippen LogP contribution < -0.4 is 5.32 Å². The van der Waals surface area contributed by atoms with Crippen molar-refractivity contribution in [1.29, 1.82) is 0 Å². The van der Waals surface area contributed by atoms with E-state index in [4.69, 9.17) is 0 Å². The molecule has 1 N–H and O–H groups in total. The van der Waals surface area contributed by atoms with Gasteiger partial charge in [0, 0.05) is 16.6 Å². The van der Waals surface area contributed by atoms with Gasteiger partial charge in [-0.05, 0) is 30.7 Å². The van der Waals surface area contributed by atoms with E-state index in [0.29, 0.717) is 12.1 Å². The second kappa shape index (κ2) is 4.96. The number of rotatable bonds is 3. The van der Waals surface area contributed by atoms with E-state index in [1.807, 2.05) is 19.1 Å². The van der Waals surface area contributed by atoms with Gasteiger partial charge in [-0.1, -0.05) is 22.0 Å². The molecule has 0 fully saturated rings. The molecule has 0 aliphatic rings. The fourth-order valence-electron chi connectivity index (χ4n) is 1.05. The van der Waals surface area contributed by atoms with Crippen molar-refractivity contribution in [2.24, 2.45) is 0 Å². The highest BCUT2D eigenvalue weighted by atomic mass is 79.9. The number of hydrogen-bond donors (Lipinski definition) is 1. The topological polar surface area (TPSA) is 29.1 Å². The zero-order chi connectivity index (χ0) is 10.6. The van der Waals surface area contributed by atoms with Crippen LogP contribution in [0.3, 0.4) is 0 Å².